The molecule has 22 heavy (non-hydrogen) atoms. The molecule has 130 valence electrons. The minimum atomic E-state index is -1.47. The van der Waals surface area contributed by atoms with Gasteiger partial charge in [-0.25, -0.2) is 9.59 Å². The van der Waals surface area contributed by atoms with E-state index in [1.165, 1.54) is 0 Å². The second-order valence-corrected chi connectivity index (χ2v) is 5.83. The van der Waals surface area contributed by atoms with Gasteiger partial charge >= 0.3 is 11.9 Å². The Morgan fingerprint density at radius 3 is 1.73 bits per heavy atom. The predicted octanol–water partition coefficient (Wildman–Crippen LogP) is 2.82. The van der Waals surface area contributed by atoms with Crippen LogP contribution in [0.2, 0.25) is 0 Å². The maximum absolute atomic E-state index is 12.1. The fourth-order valence-corrected chi connectivity index (χ4v) is 2.39. The van der Waals surface area contributed by atoms with Gasteiger partial charge in [0, 0.05) is 13.2 Å². The van der Waals surface area contributed by atoms with Crippen molar-refractivity contribution < 1.29 is 28.5 Å². The Morgan fingerprint density at radius 2 is 1.36 bits per heavy atom. The van der Waals surface area contributed by atoms with Crippen molar-refractivity contribution in [1.82, 2.24) is 0 Å². The van der Waals surface area contributed by atoms with Gasteiger partial charge in [0.15, 0.2) is 6.29 Å². The van der Waals surface area contributed by atoms with E-state index in [2.05, 4.69) is 15.9 Å². The van der Waals surface area contributed by atoms with E-state index in [1.54, 1.807) is 13.8 Å². The number of ether oxygens (including phenoxy) is 4. The van der Waals surface area contributed by atoms with Gasteiger partial charge in [-0.05, 0) is 47.0 Å². The summed E-state index contributed by atoms with van der Waals surface area (Å²) in [5, 5.41) is 0. The molecule has 0 heterocycles. The van der Waals surface area contributed by atoms with Crippen molar-refractivity contribution in [1.29, 1.82) is 0 Å². The fraction of sp³-hybridized carbons (Fsp3) is 0.867. The van der Waals surface area contributed by atoms with Gasteiger partial charge in [0.25, 0.3) is 0 Å². The molecule has 0 bridgehead atoms. The number of rotatable bonds is 12. The Kier molecular flexibility index (Phi) is 11.5. The lowest BCUT2D eigenvalue weighted by molar-refractivity contribution is -0.159. The van der Waals surface area contributed by atoms with Crippen molar-refractivity contribution in [2.75, 3.05) is 26.4 Å². The van der Waals surface area contributed by atoms with Gasteiger partial charge in [-0.2, -0.15) is 0 Å². The second kappa shape index (κ2) is 11.8. The van der Waals surface area contributed by atoms with E-state index < -0.39 is 16.3 Å². The van der Waals surface area contributed by atoms with Crippen LogP contribution in [0.5, 0.6) is 0 Å². The van der Waals surface area contributed by atoms with Crippen molar-refractivity contribution in [2.24, 2.45) is 0 Å². The molecular formula is C15H27BrO6. The first-order chi connectivity index (χ1) is 10.5. The molecule has 0 saturated carbocycles. The van der Waals surface area contributed by atoms with Crippen LogP contribution in [0.1, 0.15) is 47.0 Å². The molecule has 0 saturated heterocycles. The molecule has 0 radical (unpaired) electrons. The van der Waals surface area contributed by atoms with Gasteiger partial charge in [-0.3, -0.25) is 0 Å². The third-order valence-electron chi connectivity index (χ3n) is 2.86. The van der Waals surface area contributed by atoms with Crippen LogP contribution in [0.25, 0.3) is 0 Å². The highest BCUT2D eigenvalue weighted by atomic mass is 79.9. The summed E-state index contributed by atoms with van der Waals surface area (Å²) in [6.07, 6.45) is 1.04. The quantitative estimate of drug-likeness (QED) is 0.223. The Bertz CT molecular complexity index is 310. The van der Waals surface area contributed by atoms with Gasteiger partial charge in [0.1, 0.15) is 0 Å². The molecule has 0 amide bonds. The first-order valence-electron chi connectivity index (χ1n) is 7.72. The van der Waals surface area contributed by atoms with Crippen molar-refractivity contribution in [2.45, 2.75) is 57.6 Å². The molecule has 0 aliphatic heterocycles. The summed E-state index contributed by atoms with van der Waals surface area (Å²) in [6, 6.07) is 0. The third kappa shape index (κ3) is 7.07. The highest BCUT2D eigenvalue weighted by Gasteiger charge is 2.46. The van der Waals surface area contributed by atoms with Gasteiger partial charge < -0.3 is 18.9 Å². The van der Waals surface area contributed by atoms with E-state index in [-0.39, 0.29) is 25.9 Å². The zero-order valence-electron chi connectivity index (χ0n) is 13.9. The van der Waals surface area contributed by atoms with E-state index in [9.17, 15) is 9.59 Å². The van der Waals surface area contributed by atoms with Gasteiger partial charge in [-0.15, -0.1) is 0 Å². The Balaban J connectivity index is 4.70. The van der Waals surface area contributed by atoms with Crippen molar-refractivity contribution in [3.8, 4) is 0 Å². The number of hydrogen-bond acceptors (Lipinski definition) is 6. The van der Waals surface area contributed by atoms with Crippen molar-refractivity contribution >= 4 is 27.9 Å². The molecular weight excluding hydrogens is 356 g/mol. The second-order valence-electron chi connectivity index (χ2n) is 4.47. The molecule has 0 aromatic rings. The topological polar surface area (TPSA) is 71.1 Å². The number of alkyl halides is 1. The minimum absolute atomic E-state index is 0.201. The standard InChI is InChI=1S/C15H27BrO6/c1-5-19-12(20-6-2)10-9-11-15(16,13(17)21-7-3)14(18)22-8-4/h12H,5-11H2,1-4H3. The summed E-state index contributed by atoms with van der Waals surface area (Å²) in [5.41, 5.74) is 0. The average Bonchev–Trinajstić information content (AvgIpc) is 2.47. The van der Waals surface area contributed by atoms with Crippen LogP contribution in [-0.2, 0) is 28.5 Å². The monoisotopic (exact) mass is 382 g/mol. The van der Waals surface area contributed by atoms with Crippen LogP contribution in [0.3, 0.4) is 0 Å². The molecule has 0 rings (SSSR count). The molecule has 0 spiro atoms. The summed E-state index contributed by atoms with van der Waals surface area (Å²) in [4.78, 5) is 24.2. The molecule has 0 fully saturated rings. The Hall–Kier alpha value is -0.660. The van der Waals surface area contributed by atoms with E-state index in [0.29, 0.717) is 26.1 Å². The Labute approximate surface area is 140 Å². The maximum Gasteiger partial charge on any atom is 0.334 e. The zero-order valence-corrected chi connectivity index (χ0v) is 15.4. The highest BCUT2D eigenvalue weighted by molar-refractivity contribution is 9.10. The lowest BCUT2D eigenvalue weighted by atomic mass is 10.0. The van der Waals surface area contributed by atoms with Crippen LogP contribution in [-0.4, -0.2) is 49.0 Å². The van der Waals surface area contributed by atoms with Crippen molar-refractivity contribution in [3.63, 3.8) is 0 Å². The smallest absolute Gasteiger partial charge is 0.334 e. The summed E-state index contributed by atoms with van der Waals surface area (Å²) in [6.45, 7) is 8.64. The SMILES string of the molecule is CCOC(=O)C(Br)(CCCC(OCC)OCC)C(=O)OCC. The van der Waals surface area contributed by atoms with E-state index in [0.717, 1.165) is 0 Å². The zero-order chi connectivity index (χ0) is 17.0. The lowest BCUT2D eigenvalue weighted by Gasteiger charge is -2.24. The minimum Gasteiger partial charge on any atom is -0.465 e. The molecule has 6 nitrogen and oxygen atoms in total. The van der Waals surface area contributed by atoms with E-state index in [1.807, 2.05) is 13.8 Å². The third-order valence-corrected chi connectivity index (χ3v) is 3.91. The number of hydrogen-bond donors (Lipinski definition) is 0. The summed E-state index contributed by atoms with van der Waals surface area (Å²) in [7, 11) is 0. The molecule has 0 unspecified atom stereocenters. The van der Waals surface area contributed by atoms with E-state index in [4.69, 9.17) is 18.9 Å². The molecule has 0 aliphatic carbocycles. The number of esters is 2. The first-order valence-corrected chi connectivity index (χ1v) is 8.51. The number of halogens is 1. The summed E-state index contributed by atoms with van der Waals surface area (Å²) >= 11 is 3.22. The molecule has 0 aromatic carbocycles. The van der Waals surface area contributed by atoms with Crippen LogP contribution >= 0.6 is 15.9 Å². The van der Waals surface area contributed by atoms with Gasteiger partial charge in [-0.1, -0.05) is 15.9 Å². The number of carbonyl (C=O) groups is 2. The van der Waals surface area contributed by atoms with E-state index >= 15 is 0 Å². The van der Waals surface area contributed by atoms with Crippen LogP contribution < -0.4 is 0 Å². The largest absolute Gasteiger partial charge is 0.465 e. The first kappa shape index (κ1) is 21.3. The van der Waals surface area contributed by atoms with Crippen LogP contribution in [0, 0.1) is 0 Å². The molecule has 0 aromatic heterocycles. The average molecular weight is 383 g/mol. The predicted molar refractivity (Wildman–Crippen MR) is 85.8 cm³/mol. The van der Waals surface area contributed by atoms with Gasteiger partial charge in [0.05, 0.1) is 13.2 Å². The van der Waals surface area contributed by atoms with Crippen LogP contribution in [0.15, 0.2) is 0 Å². The number of carbonyl (C=O) groups excluding carboxylic acids is 2. The normalized spacial score (nSPS) is 11.5. The van der Waals surface area contributed by atoms with Crippen LogP contribution in [0.4, 0.5) is 0 Å². The Morgan fingerprint density at radius 1 is 0.909 bits per heavy atom. The highest BCUT2D eigenvalue weighted by Crippen LogP contribution is 2.29. The lowest BCUT2D eigenvalue weighted by Crippen LogP contribution is -2.43. The van der Waals surface area contributed by atoms with Crippen molar-refractivity contribution in [3.05, 3.63) is 0 Å². The molecule has 0 N–H and O–H groups in total. The molecule has 0 atom stereocenters. The molecule has 0 aliphatic rings. The summed E-state index contributed by atoms with van der Waals surface area (Å²) < 4.78 is 19.4. The summed E-state index contributed by atoms with van der Waals surface area (Å²) in [5.74, 6) is -1.25. The maximum atomic E-state index is 12.1. The van der Waals surface area contributed by atoms with Gasteiger partial charge in [0.2, 0.25) is 4.32 Å². The fourth-order valence-electron chi connectivity index (χ4n) is 1.88. The molecule has 7 heteroatoms.